The van der Waals surface area contributed by atoms with Crippen molar-refractivity contribution >= 4 is 21.6 Å². The normalized spacial score (nSPS) is 12.8. The lowest BCUT2D eigenvalue weighted by atomic mass is 9.85. The Morgan fingerprint density at radius 3 is 2.50 bits per heavy atom. The second kappa shape index (κ2) is 4.73. The second-order valence-electron chi connectivity index (χ2n) is 4.49. The van der Waals surface area contributed by atoms with Gasteiger partial charge in [0.05, 0.1) is 6.26 Å². The Morgan fingerprint density at radius 2 is 2.00 bits per heavy atom. The number of hydrogen-bond donors (Lipinski definition) is 1. The third-order valence-electron chi connectivity index (χ3n) is 2.38. The lowest BCUT2D eigenvalue weighted by Crippen LogP contribution is -2.36. The van der Waals surface area contributed by atoms with Crippen molar-refractivity contribution in [1.29, 1.82) is 0 Å². The first-order valence-corrected chi connectivity index (χ1v) is 7.18. The van der Waals surface area contributed by atoms with Gasteiger partial charge in [-0.2, -0.15) is 0 Å². The molecule has 0 aromatic heterocycles. The van der Waals surface area contributed by atoms with Crippen LogP contribution < -0.4 is 4.72 Å². The molecule has 1 N–H and O–H groups in total. The minimum absolute atomic E-state index is 0.284. The summed E-state index contributed by atoms with van der Waals surface area (Å²) in [5.74, 6) is 0. The fourth-order valence-corrected chi connectivity index (χ4v) is 2.14. The highest BCUT2D eigenvalue weighted by Crippen LogP contribution is 2.24. The highest BCUT2D eigenvalue weighted by molar-refractivity contribution is 7.88. The molecule has 0 unspecified atom stereocenters. The summed E-state index contributed by atoms with van der Waals surface area (Å²) in [5.41, 5.74) is 0.727. The van der Waals surface area contributed by atoms with Gasteiger partial charge in [-0.05, 0) is 17.7 Å². The number of nitrogens with one attached hydrogen (secondary N) is 1. The van der Waals surface area contributed by atoms with Crippen molar-refractivity contribution < 1.29 is 8.42 Å². The molecule has 0 saturated carbocycles. The highest BCUT2D eigenvalue weighted by Gasteiger charge is 2.22. The molecule has 16 heavy (non-hydrogen) atoms. The second-order valence-corrected chi connectivity index (χ2v) is 6.76. The highest BCUT2D eigenvalue weighted by atomic mass is 35.5. The molecule has 0 bridgehead atoms. The van der Waals surface area contributed by atoms with Crippen LogP contribution in [0, 0.1) is 0 Å². The molecule has 0 fully saturated rings. The zero-order valence-corrected chi connectivity index (χ0v) is 11.2. The van der Waals surface area contributed by atoms with Crippen LogP contribution in [0.3, 0.4) is 0 Å². The van der Waals surface area contributed by atoms with Crippen LogP contribution in [-0.2, 0) is 15.4 Å². The Hall–Kier alpha value is -0.580. The van der Waals surface area contributed by atoms with Crippen LogP contribution in [0.4, 0.5) is 0 Å². The van der Waals surface area contributed by atoms with Gasteiger partial charge in [-0.1, -0.05) is 37.6 Å². The van der Waals surface area contributed by atoms with E-state index in [-0.39, 0.29) is 5.41 Å². The first-order valence-electron chi connectivity index (χ1n) is 4.91. The summed E-state index contributed by atoms with van der Waals surface area (Å²) in [7, 11) is -3.16. The van der Waals surface area contributed by atoms with Crippen molar-refractivity contribution in [1.82, 2.24) is 4.72 Å². The summed E-state index contributed by atoms with van der Waals surface area (Å²) in [6.45, 7) is 4.29. The molecule has 0 aliphatic rings. The average Bonchev–Trinajstić information content (AvgIpc) is 2.14. The first-order chi connectivity index (χ1) is 7.21. The summed E-state index contributed by atoms with van der Waals surface area (Å²) in [6.07, 6.45) is 1.15. The van der Waals surface area contributed by atoms with Gasteiger partial charge in [-0.25, -0.2) is 13.1 Å². The van der Waals surface area contributed by atoms with E-state index >= 15 is 0 Å². The summed E-state index contributed by atoms with van der Waals surface area (Å²) < 4.78 is 24.6. The molecule has 0 aliphatic carbocycles. The maximum Gasteiger partial charge on any atom is 0.208 e. The summed E-state index contributed by atoms with van der Waals surface area (Å²) in [6, 6.07) is 7.45. The Bertz CT molecular complexity index is 469. The third kappa shape index (κ3) is 4.12. The average molecular weight is 262 g/mol. The smallest absolute Gasteiger partial charge is 0.208 e. The van der Waals surface area contributed by atoms with Crippen LogP contribution in [0.15, 0.2) is 24.3 Å². The maximum atomic E-state index is 11.0. The van der Waals surface area contributed by atoms with E-state index in [0.29, 0.717) is 11.6 Å². The van der Waals surface area contributed by atoms with Gasteiger partial charge in [0.1, 0.15) is 0 Å². The van der Waals surface area contributed by atoms with E-state index in [4.69, 9.17) is 11.6 Å². The molecule has 1 aromatic rings. The van der Waals surface area contributed by atoms with Crippen molar-refractivity contribution in [2.75, 3.05) is 12.8 Å². The van der Waals surface area contributed by atoms with Crippen LogP contribution in [0.1, 0.15) is 19.4 Å². The molecule has 1 rings (SSSR count). The van der Waals surface area contributed by atoms with Crippen molar-refractivity contribution in [2.24, 2.45) is 0 Å². The van der Waals surface area contributed by atoms with Crippen LogP contribution in [0.25, 0.3) is 0 Å². The van der Waals surface area contributed by atoms with E-state index in [1.165, 1.54) is 0 Å². The van der Waals surface area contributed by atoms with Gasteiger partial charge < -0.3 is 0 Å². The van der Waals surface area contributed by atoms with E-state index in [9.17, 15) is 8.42 Å². The standard InChI is InChI=1S/C11H16ClNO2S/c1-11(2,8-13-16(3,14)15)9-5-4-6-10(12)7-9/h4-7,13H,8H2,1-3H3. The molecule has 0 heterocycles. The van der Waals surface area contributed by atoms with Crippen LogP contribution in [0.5, 0.6) is 0 Å². The molecule has 0 aliphatic heterocycles. The zero-order valence-electron chi connectivity index (χ0n) is 9.62. The predicted molar refractivity (Wildman–Crippen MR) is 67.3 cm³/mol. The molecule has 90 valence electrons. The molecule has 0 spiro atoms. The number of benzene rings is 1. The van der Waals surface area contributed by atoms with E-state index in [2.05, 4.69) is 4.72 Å². The molecule has 0 atom stereocenters. The minimum atomic E-state index is -3.16. The molecule has 0 saturated heterocycles. The number of hydrogen-bond acceptors (Lipinski definition) is 2. The van der Waals surface area contributed by atoms with E-state index in [0.717, 1.165) is 11.8 Å². The Labute approximate surface area is 102 Å². The predicted octanol–water partition coefficient (Wildman–Crippen LogP) is 2.17. The van der Waals surface area contributed by atoms with Crippen LogP contribution in [-0.4, -0.2) is 21.2 Å². The van der Waals surface area contributed by atoms with E-state index < -0.39 is 10.0 Å². The minimum Gasteiger partial charge on any atom is -0.215 e. The van der Waals surface area contributed by atoms with Gasteiger partial charge in [0, 0.05) is 17.0 Å². The molecular weight excluding hydrogens is 246 g/mol. The maximum absolute atomic E-state index is 11.0. The largest absolute Gasteiger partial charge is 0.215 e. The third-order valence-corrected chi connectivity index (χ3v) is 3.29. The Kier molecular flexibility index (Phi) is 3.99. The van der Waals surface area contributed by atoms with Gasteiger partial charge in [0.25, 0.3) is 0 Å². The van der Waals surface area contributed by atoms with Crippen molar-refractivity contribution in [2.45, 2.75) is 19.3 Å². The van der Waals surface area contributed by atoms with Crippen molar-refractivity contribution in [3.8, 4) is 0 Å². The summed E-state index contributed by atoms with van der Waals surface area (Å²) in [5, 5.41) is 0.657. The van der Waals surface area contributed by atoms with Crippen molar-refractivity contribution in [3.05, 3.63) is 34.9 Å². The fourth-order valence-electron chi connectivity index (χ4n) is 1.32. The molecule has 1 aromatic carbocycles. The topological polar surface area (TPSA) is 46.2 Å². The zero-order chi connectivity index (χ0) is 12.4. The Balaban J connectivity index is 2.85. The number of sulfonamides is 1. The SMILES string of the molecule is CC(C)(CNS(C)(=O)=O)c1cccc(Cl)c1. The van der Waals surface area contributed by atoms with Gasteiger partial charge in [-0.3, -0.25) is 0 Å². The summed E-state index contributed by atoms with van der Waals surface area (Å²) >= 11 is 5.90. The van der Waals surface area contributed by atoms with E-state index in [1.54, 1.807) is 6.07 Å². The van der Waals surface area contributed by atoms with Crippen LogP contribution >= 0.6 is 11.6 Å². The first kappa shape index (κ1) is 13.5. The number of halogens is 1. The molecule has 0 amide bonds. The fraction of sp³-hybridized carbons (Fsp3) is 0.455. The monoisotopic (exact) mass is 261 g/mol. The molecular formula is C11H16ClNO2S. The van der Waals surface area contributed by atoms with Crippen molar-refractivity contribution in [3.63, 3.8) is 0 Å². The molecule has 5 heteroatoms. The lowest BCUT2D eigenvalue weighted by Gasteiger charge is -2.25. The van der Waals surface area contributed by atoms with Crippen LogP contribution in [0.2, 0.25) is 5.02 Å². The van der Waals surface area contributed by atoms with E-state index in [1.807, 2.05) is 32.0 Å². The van der Waals surface area contributed by atoms with Gasteiger partial charge in [0.15, 0.2) is 0 Å². The number of rotatable bonds is 4. The van der Waals surface area contributed by atoms with Gasteiger partial charge in [0.2, 0.25) is 10.0 Å². The van der Waals surface area contributed by atoms with Gasteiger partial charge >= 0.3 is 0 Å². The molecule has 3 nitrogen and oxygen atoms in total. The molecule has 0 radical (unpaired) electrons. The van der Waals surface area contributed by atoms with Gasteiger partial charge in [-0.15, -0.1) is 0 Å². The summed E-state index contributed by atoms with van der Waals surface area (Å²) in [4.78, 5) is 0. The Morgan fingerprint density at radius 1 is 1.38 bits per heavy atom. The lowest BCUT2D eigenvalue weighted by molar-refractivity contribution is 0.503. The quantitative estimate of drug-likeness (QED) is 0.903.